The van der Waals surface area contributed by atoms with Crippen molar-refractivity contribution in [2.75, 3.05) is 11.9 Å². The van der Waals surface area contributed by atoms with Gasteiger partial charge in [-0.1, -0.05) is 26.0 Å². The second-order valence-electron chi connectivity index (χ2n) is 8.29. The molecular weight excluding hydrogens is 534 g/mol. The summed E-state index contributed by atoms with van der Waals surface area (Å²) in [5.41, 5.74) is 4.78. The van der Waals surface area contributed by atoms with Crippen LogP contribution in [0.3, 0.4) is 0 Å². The molecule has 0 atom stereocenters. The molecule has 3 aromatic rings. The average Bonchev–Trinajstić information content (AvgIpc) is 3.24. The monoisotopic (exact) mass is 556 g/mol. The van der Waals surface area contributed by atoms with E-state index in [1.807, 2.05) is 12.1 Å². The first-order valence-corrected chi connectivity index (χ1v) is 12.2. The number of likely N-dealkylation sites (N-methyl/N-ethyl adjacent to an activating group) is 1. The third kappa shape index (κ3) is 3.24. The third-order valence-electron chi connectivity index (χ3n) is 6.01. The number of amides is 2. The van der Waals surface area contributed by atoms with Crippen LogP contribution >= 0.6 is 11.3 Å². The van der Waals surface area contributed by atoms with Crippen molar-refractivity contribution >= 4 is 71.8 Å². The van der Waals surface area contributed by atoms with Crippen LogP contribution in [0.15, 0.2) is 71.2 Å². The van der Waals surface area contributed by atoms with Gasteiger partial charge in [-0.25, -0.2) is 0 Å². The molecular formula is C25H20N3O2STe. The quantitative estimate of drug-likeness (QED) is 0.261. The van der Waals surface area contributed by atoms with Gasteiger partial charge in [-0.05, 0) is 0 Å². The molecule has 5 nitrogen and oxygen atoms in total. The second kappa shape index (κ2) is 7.70. The number of hydrogen-bond acceptors (Lipinski definition) is 4. The Balaban J connectivity index is 1.61. The van der Waals surface area contributed by atoms with Gasteiger partial charge in [0, 0.05) is 0 Å². The van der Waals surface area contributed by atoms with Crippen LogP contribution in [0.2, 0.25) is 0 Å². The number of aliphatic imine (C=N–C) groups is 1. The van der Waals surface area contributed by atoms with E-state index in [2.05, 4.69) is 72.3 Å². The first kappa shape index (κ1) is 21.1. The topological polar surface area (TPSA) is 53.0 Å². The zero-order valence-electron chi connectivity index (χ0n) is 17.8. The number of rotatable bonds is 2. The predicted octanol–water partition coefficient (Wildman–Crippen LogP) is 4.76. The Morgan fingerprint density at radius 1 is 0.938 bits per heavy atom. The van der Waals surface area contributed by atoms with Crippen LogP contribution < -0.4 is 4.90 Å². The standard InChI is InChI=1S/C25H20N3O2STe/c1-25(2)17-8-4-6-10-19(17)28(20-11-7-5-9-18(20)25)21-13-12-15(31-21)14-16-22(29)26-24(32)27(3)23(16)30/h4-14H,1-3H3/b16-14+. The number of thiophene rings is 1. The molecule has 1 radical (unpaired) electrons. The molecule has 1 aromatic heterocycles. The van der Waals surface area contributed by atoms with E-state index in [9.17, 15) is 9.59 Å². The summed E-state index contributed by atoms with van der Waals surface area (Å²) in [5.74, 6) is -0.811. The van der Waals surface area contributed by atoms with Gasteiger partial charge in [-0.15, -0.1) is 0 Å². The summed E-state index contributed by atoms with van der Waals surface area (Å²) >= 11 is 3.12. The molecule has 0 fully saturated rings. The maximum absolute atomic E-state index is 12.6. The van der Waals surface area contributed by atoms with Crippen molar-refractivity contribution in [3.8, 4) is 0 Å². The van der Waals surface area contributed by atoms with E-state index in [-0.39, 0.29) is 16.9 Å². The molecule has 0 saturated heterocycles. The number of anilines is 3. The van der Waals surface area contributed by atoms with E-state index >= 15 is 0 Å². The van der Waals surface area contributed by atoms with Gasteiger partial charge in [-0.2, -0.15) is 0 Å². The molecule has 5 rings (SSSR count). The molecule has 0 unspecified atom stereocenters. The summed E-state index contributed by atoms with van der Waals surface area (Å²) in [7, 11) is 1.63. The van der Waals surface area contributed by atoms with Crippen molar-refractivity contribution in [2.24, 2.45) is 4.99 Å². The molecule has 0 aliphatic carbocycles. The molecule has 0 saturated carbocycles. The van der Waals surface area contributed by atoms with Gasteiger partial charge in [0.25, 0.3) is 0 Å². The van der Waals surface area contributed by atoms with Crippen molar-refractivity contribution in [2.45, 2.75) is 19.3 Å². The van der Waals surface area contributed by atoms with E-state index in [0.717, 1.165) is 21.3 Å². The molecule has 32 heavy (non-hydrogen) atoms. The Hall–Kier alpha value is -2.72. The summed E-state index contributed by atoms with van der Waals surface area (Å²) in [6, 6.07) is 20.9. The number of hydrogen-bond donors (Lipinski definition) is 0. The fourth-order valence-corrected chi connectivity index (χ4v) is 5.75. The minimum atomic E-state index is -0.487. The average molecular weight is 554 g/mol. The molecule has 2 aliphatic heterocycles. The summed E-state index contributed by atoms with van der Waals surface area (Å²) in [4.78, 5) is 33.5. The van der Waals surface area contributed by atoms with E-state index in [0.29, 0.717) is 3.88 Å². The van der Waals surface area contributed by atoms with Crippen molar-refractivity contribution < 1.29 is 9.59 Å². The van der Waals surface area contributed by atoms with Gasteiger partial charge in [0.2, 0.25) is 0 Å². The number of amidine groups is 1. The number of carbonyl (C=O) groups excluding carboxylic acids is 2. The fraction of sp³-hybridized carbons (Fsp3) is 0.160. The van der Waals surface area contributed by atoms with Gasteiger partial charge >= 0.3 is 179 Å². The van der Waals surface area contributed by atoms with E-state index in [1.54, 1.807) is 46.8 Å². The van der Waals surface area contributed by atoms with Gasteiger partial charge in [0.05, 0.1) is 0 Å². The summed E-state index contributed by atoms with van der Waals surface area (Å²) in [5, 5.41) is 1.02. The zero-order chi connectivity index (χ0) is 22.6. The Labute approximate surface area is 204 Å². The van der Waals surface area contributed by atoms with E-state index in [4.69, 9.17) is 0 Å². The predicted molar refractivity (Wildman–Crippen MR) is 130 cm³/mol. The van der Waals surface area contributed by atoms with Crippen LogP contribution in [-0.4, -0.2) is 49.9 Å². The number of benzene rings is 2. The molecule has 0 bridgehead atoms. The Morgan fingerprint density at radius 2 is 1.53 bits per heavy atom. The van der Waals surface area contributed by atoms with Crippen LogP contribution in [0.1, 0.15) is 29.9 Å². The van der Waals surface area contributed by atoms with Crippen LogP contribution in [-0.2, 0) is 15.0 Å². The molecule has 159 valence electrons. The number of nitrogens with zero attached hydrogens (tertiary/aromatic N) is 3. The zero-order valence-corrected chi connectivity index (χ0v) is 21.0. The van der Waals surface area contributed by atoms with Crippen LogP contribution in [0.5, 0.6) is 0 Å². The fourth-order valence-electron chi connectivity index (χ4n) is 4.29. The van der Waals surface area contributed by atoms with Crippen molar-refractivity contribution in [3.63, 3.8) is 0 Å². The van der Waals surface area contributed by atoms with Gasteiger partial charge in [-0.3, -0.25) is 0 Å². The SMILES string of the molecule is CN1C(=O)/C(=C/c2ccc(N3c4ccccc4C(C)(C)c4ccccc43)s2)C(=O)N=C1[Te]. The molecule has 0 N–H and O–H groups in total. The second-order valence-corrected chi connectivity index (χ2v) is 10.4. The normalized spacial score (nSPS) is 18.5. The minimum absolute atomic E-state index is 0.0915. The van der Waals surface area contributed by atoms with Crippen molar-refractivity contribution in [1.29, 1.82) is 0 Å². The van der Waals surface area contributed by atoms with Gasteiger partial charge in [0.15, 0.2) is 0 Å². The Morgan fingerprint density at radius 3 is 2.16 bits per heavy atom. The molecule has 7 heteroatoms. The van der Waals surface area contributed by atoms with Crippen molar-refractivity contribution in [3.05, 3.63) is 82.2 Å². The number of carbonyl (C=O) groups is 2. The van der Waals surface area contributed by atoms with Crippen LogP contribution in [0.25, 0.3) is 6.08 Å². The van der Waals surface area contributed by atoms with Gasteiger partial charge < -0.3 is 0 Å². The summed E-state index contributed by atoms with van der Waals surface area (Å²) < 4.78 is 0.420. The number of fused-ring (bicyclic) bond motifs is 2. The third-order valence-corrected chi connectivity index (χ3v) is 8.07. The first-order valence-electron chi connectivity index (χ1n) is 10.2. The summed E-state index contributed by atoms with van der Waals surface area (Å²) in [6.07, 6.45) is 1.65. The van der Waals surface area contributed by atoms with Crippen molar-refractivity contribution in [1.82, 2.24) is 4.90 Å². The first-order chi connectivity index (χ1) is 15.3. The van der Waals surface area contributed by atoms with Crippen LogP contribution in [0, 0.1) is 0 Å². The maximum atomic E-state index is 12.6. The molecule has 2 aromatic carbocycles. The van der Waals surface area contributed by atoms with E-state index < -0.39 is 5.91 Å². The Bertz CT molecular complexity index is 1290. The number of para-hydroxylation sites is 2. The summed E-state index contributed by atoms with van der Waals surface area (Å²) in [6.45, 7) is 4.51. The molecule has 0 spiro atoms. The van der Waals surface area contributed by atoms with Gasteiger partial charge in [0.1, 0.15) is 0 Å². The Kier molecular flexibility index (Phi) is 5.09. The molecule has 2 amide bonds. The molecule has 2 aliphatic rings. The van der Waals surface area contributed by atoms with Crippen LogP contribution in [0.4, 0.5) is 16.4 Å². The molecule has 3 heterocycles. The van der Waals surface area contributed by atoms with E-state index in [1.165, 1.54) is 16.0 Å².